The van der Waals surface area contributed by atoms with E-state index in [4.69, 9.17) is 21.7 Å². The van der Waals surface area contributed by atoms with Gasteiger partial charge in [0.05, 0.1) is 11.6 Å². The van der Waals surface area contributed by atoms with Crippen molar-refractivity contribution in [1.82, 2.24) is 20.4 Å². The molecule has 5 nitrogen and oxygen atoms in total. The SMILES string of the molecule is CCc1ccc(C2NC(=S)N(CCc3ccccc3)C(C)=C2c2nc(-c3ccc(C)cc3)no2)cc1. The van der Waals surface area contributed by atoms with Crippen LogP contribution in [0.15, 0.2) is 89.1 Å². The van der Waals surface area contributed by atoms with Crippen molar-refractivity contribution < 1.29 is 4.52 Å². The highest BCUT2D eigenvalue weighted by molar-refractivity contribution is 7.80. The van der Waals surface area contributed by atoms with Crippen LogP contribution in [-0.2, 0) is 12.8 Å². The highest BCUT2D eigenvalue weighted by Crippen LogP contribution is 2.37. The number of allylic oxidation sites excluding steroid dienone is 1. The van der Waals surface area contributed by atoms with E-state index in [1.807, 2.05) is 18.2 Å². The summed E-state index contributed by atoms with van der Waals surface area (Å²) in [7, 11) is 0. The van der Waals surface area contributed by atoms with Crippen LogP contribution >= 0.6 is 12.2 Å². The number of nitrogens with one attached hydrogen (secondary N) is 1. The molecule has 0 saturated heterocycles. The van der Waals surface area contributed by atoms with Crippen LogP contribution in [0.3, 0.4) is 0 Å². The van der Waals surface area contributed by atoms with Gasteiger partial charge in [-0.15, -0.1) is 0 Å². The Bertz CT molecular complexity index is 1370. The first-order valence-electron chi connectivity index (χ1n) is 12.4. The largest absolute Gasteiger partial charge is 0.351 e. The smallest absolute Gasteiger partial charge is 0.258 e. The Hall–Kier alpha value is -3.77. The average molecular weight is 495 g/mol. The minimum absolute atomic E-state index is 0.178. The zero-order valence-corrected chi connectivity index (χ0v) is 21.7. The van der Waals surface area contributed by atoms with Crippen LogP contribution in [0.4, 0.5) is 0 Å². The standard InChI is InChI=1S/C30H30N4OS/c1-4-22-12-16-24(17-13-22)27-26(29-32-28(33-35-29)25-14-10-20(2)11-15-25)21(3)34(30(36)31-27)19-18-23-8-6-5-7-9-23/h5-17,27H,4,18-19H2,1-3H3,(H,31,36). The molecule has 6 heteroatoms. The van der Waals surface area contributed by atoms with E-state index < -0.39 is 0 Å². The van der Waals surface area contributed by atoms with Crippen LogP contribution in [0.1, 0.15) is 48.0 Å². The number of rotatable bonds is 7. The summed E-state index contributed by atoms with van der Waals surface area (Å²) in [4.78, 5) is 6.97. The van der Waals surface area contributed by atoms with Gasteiger partial charge < -0.3 is 14.7 Å². The molecule has 2 heterocycles. The van der Waals surface area contributed by atoms with Gasteiger partial charge in [-0.05, 0) is 55.6 Å². The predicted octanol–water partition coefficient (Wildman–Crippen LogP) is 6.51. The minimum Gasteiger partial charge on any atom is -0.351 e. The summed E-state index contributed by atoms with van der Waals surface area (Å²) in [6, 6.07) is 27.1. The molecule has 1 aliphatic heterocycles. The summed E-state index contributed by atoms with van der Waals surface area (Å²) >= 11 is 5.86. The summed E-state index contributed by atoms with van der Waals surface area (Å²) in [5, 5.41) is 8.59. The molecule has 5 rings (SSSR count). The third-order valence-electron chi connectivity index (χ3n) is 6.75. The lowest BCUT2D eigenvalue weighted by Gasteiger charge is -2.37. The lowest BCUT2D eigenvalue weighted by molar-refractivity contribution is 0.397. The maximum absolute atomic E-state index is 5.87. The molecular weight excluding hydrogens is 464 g/mol. The molecule has 0 amide bonds. The normalized spacial score (nSPS) is 15.8. The van der Waals surface area contributed by atoms with Crippen molar-refractivity contribution in [1.29, 1.82) is 0 Å². The van der Waals surface area contributed by atoms with E-state index in [0.29, 0.717) is 16.8 Å². The molecular formula is C30H30N4OS. The van der Waals surface area contributed by atoms with Crippen molar-refractivity contribution >= 4 is 22.9 Å². The Morgan fingerprint density at radius 2 is 1.64 bits per heavy atom. The Labute approximate surface area is 217 Å². The predicted molar refractivity (Wildman–Crippen MR) is 148 cm³/mol. The Morgan fingerprint density at radius 1 is 0.917 bits per heavy atom. The van der Waals surface area contributed by atoms with Crippen LogP contribution in [-0.4, -0.2) is 26.7 Å². The molecule has 0 spiro atoms. The summed E-state index contributed by atoms with van der Waals surface area (Å²) in [6.07, 6.45) is 1.87. The highest BCUT2D eigenvalue weighted by atomic mass is 32.1. The van der Waals surface area contributed by atoms with E-state index in [9.17, 15) is 0 Å². The summed E-state index contributed by atoms with van der Waals surface area (Å²) in [6.45, 7) is 7.07. The number of hydrogen-bond donors (Lipinski definition) is 1. The minimum atomic E-state index is -0.178. The summed E-state index contributed by atoms with van der Waals surface area (Å²) in [5.41, 5.74) is 7.77. The average Bonchev–Trinajstić information content (AvgIpc) is 3.39. The molecule has 3 aromatic carbocycles. The van der Waals surface area contributed by atoms with Gasteiger partial charge in [0.25, 0.3) is 5.89 Å². The number of hydrogen-bond acceptors (Lipinski definition) is 4. The van der Waals surface area contributed by atoms with E-state index in [-0.39, 0.29) is 6.04 Å². The number of benzene rings is 3. The fourth-order valence-electron chi connectivity index (χ4n) is 4.56. The molecule has 1 atom stereocenters. The van der Waals surface area contributed by atoms with Crippen molar-refractivity contribution in [3.05, 3.63) is 113 Å². The van der Waals surface area contributed by atoms with Gasteiger partial charge in [0.2, 0.25) is 5.82 Å². The topological polar surface area (TPSA) is 54.2 Å². The zero-order chi connectivity index (χ0) is 25.1. The van der Waals surface area contributed by atoms with Crippen LogP contribution in [0, 0.1) is 6.92 Å². The molecule has 36 heavy (non-hydrogen) atoms. The number of thiocarbonyl (C=S) groups is 1. The quantitative estimate of drug-likeness (QED) is 0.296. The molecule has 0 radical (unpaired) electrons. The van der Waals surface area contributed by atoms with Crippen molar-refractivity contribution in [3.63, 3.8) is 0 Å². The molecule has 1 aromatic heterocycles. The lowest BCUT2D eigenvalue weighted by Crippen LogP contribution is -2.46. The van der Waals surface area contributed by atoms with Gasteiger partial charge in [-0.3, -0.25) is 0 Å². The van der Waals surface area contributed by atoms with Crippen LogP contribution in [0.25, 0.3) is 17.0 Å². The van der Waals surface area contributed by atoms with E-state index >= 15 is 0 Å². The molecule has 0 fully saturated rings. The summed E-state index contributed by atoms with van der Waals surface area (Å²) in [5.74, 6) is 1.08. The van der Waals surface area contributed by atoms with Crippen LogP contribution < -0.4 is 5.32 Å². The molecule has 1 unspecified atom stereocenters. The van der Waals surface area contributed by atoms with Crippen molar-refractivity contribution in [2.75, 3.05) is 6.54 Å². The zero-order valence-electron chi connectivity index (χ0n) is 20.9. The highest BCUT2D eigenvalue weighted by Gasteiger charge is 2.34. The van der Waals surface area contributed by atoms with E-state index in [0.717, 1.165) is 41.8 Å². The monoisotopic (exact) mass is 494 g/mol. The van der Waals surface area contributed by atoms with Crippen molar-refractivity contribution in [2.45, 2.75) is 39.7 Å². The Morgan fingerprint density at radius 3 is 2.33 bits per heavy atom. The van der Waals surface area contributed by atoms with E-state index in [2.05, 4.69) is 96.8 Å². The lowest BCUT2D eigenvalue weighted by atomic mass is 9.93. The molecule has 182 valence electrons. The fourth-order valence-corrected chi connectivity index (χ4v) is 4.91. The second-order valence-corrected chi connectivity index (χ2v) is 9.54. The molecule has 0 aliphatic carbocycles. The summed E-state index contributed by atoms with van der Waals surface area (Å²) < 4.78 is 5.87. The van der Waals surface area contributed by atoms with Gasteiger partial charge >= 0.3 is 0 Å². The first kappa shape index (κ1) is 23.9. The van der Waals surface area contributed by atoms with E-state index in [1.165, 1.54) is 16.7 Å². The second kappa shape index (κ2) is 10.5. The first-order valence-corrected chi connectivity index (χ1v) is 12.8. The molecule has 0 bridgehead atoms. The maximum atomic E-state index is 5.87. The van der Waals surface area contributed by atoms with Gasteiger partial charge in [-0.2, -0.15) is 4.98 Å². The molecule has 1 N–H and O–H groups in total. The van der Waals surface area contributed by atoms with Crippen molar-refractivity contribution in [2.24, 2.45) is 0 Å². The number of aryl methyl sites for hydroxylation is 2. The van der Waals surface area contributed by atoms with Crippen LogP contribution in [0.5, 0.6) is 0 Å². The van der Waals surface area contributed by atoms with Gasteiger partial charge in [-0.25, -0.2) is 0 Å². The van der Waals surface area contributed by atoms with Crippen molar-refractivity contribution in [3.8, 4) is 11.4 Å². The van der Waals surface area contributed by atoms with Gasteiger partial charge in [0.1, 0.15) is 0 Å². The van der Waals surface area contributed by atoms with Crippen LogP contribution in [0.2, 0.25) is 0 Å². The van der Waals surface area contributed by atoms with Gasteiger partial charge in [0.15, 0.2) is 5.11 Å². The third-order valence-corrected chi connectivity index (χ3v) is 7.09. The van der Waals surface area contributed by atoms with Gasteiger partial charge in [-0.1, -0.05) is 96.5 Å². The molecule has 4 aromatic rings. The maximum Gasteiger partial charge on any atom is 0.258 e. The van der Waals surface area contributed by atoms with E-state index in [1.54, 1.807) is 0 Å². The molecule has 0 saturated carbocycles. The molecule has 1 aliphatic rings. The van der Waals surface area contributed by atoms with Gasteiger partial charge in [0, 0.05) is 17.8 Å². The number of nitrogens with zero attached hydrogens (tertiary/aromatic N) is 3. The third kappa shape index (κ3) is 4.95. The Balaban J connectivity index is 1.54. The Kier molecular flexibility index (Phi) is 6.96. The first-order chi connectivity index (χ1) is 17.5. The number of aromatic nitrogens is 2. The fraction of sp³-hybridized carbons (Fsp3) is 0.233. The second-order valence-electron chi connectivity index (χ2n) is 9.15.